The highest BCUT2D eigenvalue weighted by Crippen LogP contribution is 2.39. The summed E-state index contributed by atoms with van der Waals surface area (Å²) in [6.07, 6.45) is 0.740. The zero-order valence-electron chi connectivity index (χ0n) is 34.6. The minimum absolute atomic E-state index is 0.0213. The molecule has 0 fully saturated rings. The van der Waals surface area contributed by atoms with Gasteiger partial charge in [0.2, 0.25) is 0 Å². The van der Waals surface area contributed by atoms with E-state index in [1.807, 2.05) is 120 Å². The van der Waals surface area contributed by atoms with E-state index in [0.29, 0.717) is 57.6 Å². The van der Waals surface area contributed by atoms with Crippen molar-refractivity contribution < 1.29 is 22.8 Å². The van der Waals surface area contributed by atoms with Crippen LogP contribution in [0.15, 0.2) is 173 Å². The Morgan fingerprint density at radius 3 is 1.68 bits per heavy atom. The van der Waals surface area contributed by atoms with Gasteiger partial charge in [-0.25, -0.2) is 0 Å². The van der Waals surface area contributed by atoms with Crippen molar-refractivity contribution in [2.45, 2.75) is 45.9 Å². The average Bonchev–Trinajstić information content (AvgIpc) is 3.25. The molecule has 0 amide bonds. The van der Waals surface area contributed by atoms with Crippen LogP contribution >= 0.6 is 0 Å². The topological polar surface area (TPSA) is 195 Å². The Morgan fingerprint density at radius 2 is 1.06 bits per heavy atom. The largest absolute Gasteiger partial charge is 0.505 e. The number of aryl methyl sites for hydroxylation is 4. The quantitative estimate of drug-likeness (QED) is 0.0719. The Hall–Kier alpha value is -7.49. The molecule has 0 heterocycles. The average molecular weight is 846 g/mol. The number of aromatic hydroxyl groups is 1. The van der Waals surface area contributed by atoms with Crippen LogP contribution in [0.25, 0.3) is 10.8 Å². The molecule has 7 aromatic carbocycles. The predicted octanol–water partition coefficient (Wildman–Crippen LogP) is 15.2. The van der Waals surface area contributed by atoms with Crippen LogP contribution in [-0.2, 0) is 10.1 Å². The zero-order valence-corrected chi connectivity index (χ0v) is 35.5. The van der Waals surface area contributed by atoms with Crippen LogP contribution in [-0.4, -0.2) is 24.7 Å². The summed E-state index contributed by atoms with van der Waals surface area (Å²) in [5.74, 6) is 0.364. The van der Waals surface area contributed by atoms with E-state index < -0.39 is 15.0 Å². The number of hydrogen-bond acceptors (Lipinski definition) is 13. The summed E-state index contributed by atoms with van der Waals surface area (Å²) in [6.45, 7) is 9.91. The molecule has 7 rings (SSSR count). The van der Waals surface area contributed by atoms with Crippen molar-refractivity contribution in [1.82, 2.24) is 0 Å². The van der Waals surface area contributed by atoms with Gasteiger partial charge in [0.1, 0.15) is 22.0 Å². The van der Waals surface area contributed by atoms with Gasteiger partial charge >= 0.3 is 0 Å². The molecular formula is C47H43N9O5S. The lowest BCUT2D eigenvalue weighted by atomic mass is 10.1. The Bertz CT molecular complexity index is 3020. The number of ether oxygens (including phenoxy) is 1. The number of para-hydroxylation sites is 1. The molecular weight excluding hydrogens is 803 g/mol. The van der Waals surface area contributed by atoms with Crippen molar-refractivity contribution in [1.29, 1.82) is 0 Å². The molecule has 0 saturated heterocycles. The van der Waals surface area contributed by atoms with Gasteiger partial charge in [0.05, 0.1) is 40.7 Å². The van der Waals surface area contributed by atoms with Gasteiger partial charge in [-0.2, -0.15) is 39.1 Å². The summed E-state index contributed by atoms with van der Waals surface area (Å²) in [6, 6.07) is 38.0. The van der Waals surface area contributed by atoms with Gasteiger partial charge in [0.25, 0.3) is 10.1 Å². The zero-order chi connectivity index (χ0) is 43.8. The Labute approximate surface area is 359 Å². The highest BCUT2D eigenvalue weighted by Gasteiger charge is 2.17. The lowest BCUT2D eigenvalue weighted by Crippen LogP contribution is -2.01. The third kappa shape index (κ3) is 10.4. The van der Waals surface area contributed by atoms with E-state index in [1.165, 1.54) is 12.1 Å². The Morgan fingerprint density at radius 1 is 0.532 bits per heavy atom. The summed E-state index contributed by atoms with van der Waals surface area (Å²) in [5, 5.41) is 51.0. The van der Waals surface area contributed by atoms with E-state index in [9.17, 15) is 18.1 Å². The molecule has 0 spiro atoms. The summed E-state index contributed by atoms with van der Waals surface area (Å²) in [4.78, 5) is -0.396. The fourth-order valence-corrected chi connectivity index (χ4v) is 6.95. The number of fused-ring (bicyclic) bond motifs is 1. The number of hydrogen-bond donors (Lipinski definition) is 3. The molecule has 7 aromatic rings. The second-order valence-electron chi connectivity index (χ2n) is 14.5. The monoisotopic (exact) mass is 845 g/mol. The molecule has 15 heteroatoms. The molecule has 312 valence electrons. The highest BCUT2D eigenvalue weighted by atomic mass is 32.2. The first-order valence-electron chi connectivity index (χ1n) is 19.7. The number of anilines is 2. The summed E-state index contributed by atoms with van der Waals surface area (Å²) >= 11 is 0. The van der Waals surface area contributed by atoms with Crippen LogP contribution in [0.2, 0.25) is 0 Å². The fourth-order valence-electron chi connectivity index (χ4n) is 6.31. The van der Waals surface area contributed by atoms with E-state index in [0.717, 1.165) is 45.4 Å². The van der Waals surface area contributed by atoms with E-state index in [2.05, 4.69) is 46.2 Å². The number of azo groups is 4. The van der Waals surface area contributed by atoms with Gasteiger partial charge in [0, 0.05) is 22.8 Å². The molecule has 0 atom stereocenters. The summed E-state index contributed by atoms with van der Waals surface area (Å²) in [5.41, 5.74) is 9.20. The number of phenolic OH excluding ortho intramolecular Hbond substituents is 1. The first-order valence-corrected chi connectivity index (χ1v) is 21.1. The van der Waals surface area contributed by atoms with Gasteiger partial charge in [-0.3, -0.25) is 4.55 Å². The minimum Gasteiger partial charge on any atom is -0.505 e. The van der Waals surface area contributed by atoms with Gasteiger partial charge in [-0.1, -0.05) is 31.2 Å². The van der Waals surface area contributed by atoms with Crippen molar-refractivity contribution >= 4 is 77.8 Å². The Balaban J connectivity index is 0.992. The minimum atomic E-state index is -4.57. The normalized spacial score (nSPS) is 12.1. The first kappa shape index (κ1) is 42.6. The Kier molecular flexibility index (Phi) is 12.9. The van der Waals surface area contributed by atoms with Crippen molar-refractivity contribution in [3.8, 4) is 11.5 Å². The van der Waals surface area contributed by atoms with E-state index >= 15 is 0 Å². The van der Waals surface area contributed by atoms with Crippen LogP contribution < -0.4 is 10.1 Å². The van der Waals surface area contributed by atoms with Crippen LogP contribution in [0.5, 0.6) is 11.5 Å². The molecule has 0 saturated carbocycles. The number of nitrogens with zero attached hydrogens (tertiary/aromatic N) is 8. The molecule has 3 N–H and O–H groups in total. The van der Waals surface area contributed by atoms with Crippen LogP contribution in [0.1, 0.15) is 35.6 Å². The van der Waals surface area contributed by atoms with E-state index in [1.54, 1.807) is 30.3 Å². The number of benzene rings is 7. The molecule has 0 aliphatic rings. The smallest absolute Gasteiger partial charge is 0.296 e. The number of nitrogens with one attached hydrogen (secondary N) is 1. The van der Waals surface area contributed by atoms with Crippen LogP contribution in [0.3, 0.4) is 0 Å². The second kappa shape index (κ2) is 18.8. The predicted molar refractivity (Wildman–Crippen MR) is 242 cm³/mol. The number of phenols is 1. The van der Waals surface area contributed by atoms with Crippen molar-refractivity contribution in [3.05, 3.63) is 150 Å². The van der Waals surface area contributed by atoms with Crippen molar-refractivity contribution in [2.24, 2.45) is 40.9 Å². The number of rotatable bonds is 14. The maximum atomic E-state index is 12.0. The molecule has 0 radical (unpaired) electrons. The molecule has 0 bridgehead atoms. The lowest BCUT2D eigenvalue weighted by Gasteiger charge is -2.09. The first-order chi connectivity index (χ1) is 29.8. The van der Waals surface area contributed by atoms with Crippen molar-refractivity contribution in [2.75, 3.05) is 11.9 Å². The molecule has 0 aliphatic heterocycles. The third-order valence-electron chi connectivity index (χ3n) is 9.67. The maximum Gasteiger partial charge on any atom is 0.296 e. The lowest BCUT2D eigenvalue weighted by molar-refractivity contribution is 0.316. The van der Waals surface area contributed by atoms with Gasteiger partial charge in [-0.15, -0.1) is 10.2 Å². The standard InChI is InChI=1S/C47H43N9O5S/c1-6-22-61-38-16-21-42(46(28-38)62(58,59)60)53-52-41-20-15-36(24-30(41)3)49-51-40-19-14-37(23-29(40)2)50-55-44-25-32(5)45(26-31(44)4)56-54-43-18-12-33-27-35(13-17-39(33)47(43)57)48-34-10-8-7-9-11-34/h7-21,23-28,48,57H,6,22H2,1-5H3,(H,58,59,60). The molecule has 0 unspecified atom stereocenters. The molecule has 0 aliphatic carbocycles. The molecule has 14 nitrogen and oxygen atoms in total. The van der Waals surface area contributed by atoms with E-state index in [-0.39, 0.29) is 11.4 Å². The molecule has 62 heavy (non-hydrogen) atoms. The van der Waals surface area contributed by atoms with Gasteiger partial charge in [0.15, 0.2) is 5.75 Å². The van der Waals surface area contributed by atoms with Crippen molar-refractivity contribution in [3.63, 3.8) is 0 Å². The van der Waals surface area contributed by atoms with Gasteiger partial charge < -0.3 is 15.2 Å². The second-order valence-corrected chi connectivity index (χ2v) is 15.9. The fraction of sp³-hybridized carbons (Fsp3) is 0.149. The van der Waals surface area contributed by atoms with Crippen LogP contribution in [0, 0.1) is 27.7 Å². The highest BCUT2D eigenvalue weighted by molar-refractivity contribution is 7.86. The summed E-state index contributed by atoms with van der Waals surface area (Å²) < 4.78 is 39.3. The van der Waals surface area contributed by atoms with Gasteiger partial charge in [-0.05, 0) is 159 Å². The maximum absolute atomic E-state index is 12.0. The van der Waals surface area contributed by atoms with Crippen LogP contribution in [0.4, 0.5) is 56.9 Å². The SMILES string of the molecule is CCCOc1ccc(N=Nc2ccc(N=Nc3ccc(N=Nc4cc(C)c(N=Nc5ccc6cc(Nc7ccccc7)ccc6c5O)cc4C)cc3C)cc2C)c(S(=O)(=O)O)c1. The third-order valence-corrected chi connectivity index (χ3v) is 10.5. The van der Waals surface area contributed by atoms with E-state index in [4.69, 9.17) is 4.74 Å². The molecule has 0 aromatic heterocycles. The summed E-state index contributed by atoms with van der Waals surface area (Å²) in [7, 11) is -4.57.